The highest BCUT2D eigenvalue weighted by Gasteiger charge is 2.18. The predicted octanol–water partition coefficient (Wildman–Crippen LogP) is 3.25. The van der Waals surface area contributed by atoms with Crippen molar-refractivity contribution in [1.82, 2.24) is 0 Å². The Bertz CT molecular complexity index is 287. The van der Waals surface area contributed by atoms with Crippen molar-refractivity contribution in [2.24, 2.45) is 0 Å². The molecule has 0 radical (unpaired) electrons. The fourth-order valence-electron chi connectivity index (χ4n) is 2.36. The van der Waals surface area contributed by atoms with Crippen molar-refractivity contribution in [2.45, 2.75) is 64.7 Å². The largest absolute Gasteiger partial charge is 0.477 e. The molecule has 1 N–H and O–H groups in total. The summed E-state index contributed by atoms with van der Waals surface area (Å²) in [5.41, 5.74) is 0. The van der Waals surface area contributed by atoms with E-state index in [9.17, 15) is 9.59 Å². The number of hydrogen-bond donors (Lipinski definition) is 1. The highest BCUT2D eigenvalue weighted by molar-refractivity contribution is 5.78. The Balaban J connectivity index is 3.54. The van der Waals surface area contributed by atoms with Gasteiger partial charge >= 0.3 is 5.97 Å². The van der Waals surface area contributed by atoms with Crippen LogP contribution >= 0.6 is 0 Å². The molecule has 0 heterocycles. The van der Waals surface area contributed by atoms with Gasteiger partial charge in [-0.05, 0) is 19.3 Å². The summed E-state index contributed by atoms with van der Waals surface area (Å²) in [5.74, 6) is -0.400. The van der Waals surface area contributed by atoms with Crippen LogP contribution in [0.4, 0.5) is 0 Å². The summed E-state index contributed by atoms with van der Waals surface area (Å²) < 4.78 is 0.487. The molecule has 0 amide bonds. The first-order valence-corrected chi connectivity index (χ1v) is 7.93. The average Bonchev–Trinajstić information content (AvgIpc) is 2.33. The molecule has 0 aromatic carbocycles. The molecule has 0 fully saturated rings. The normalized spacial score (nSPS) is 11.6. The molecule has 0 aliphatic rings. The third kappa shape index (κ3) is 12.2. The van der Waals surface area contributed by atoms with Gasteiger partial charge < -0.3 is 9.59 Å². The Morgan fingerprint density at radius 3 is 2.00 bits per heavy atom. The second-order valence-corrected chi connectivity index (χ2v) is 6.37. The van der Waals surface area contributed by atoms with Crippen LogP contribution in [-0.4, -0.2) is 48.5 Å². The summed E-state index contributed by atoms with van der Waals surface area (Å²) in [6.07, 6.45) is 9.12. The molecule has 118 valence electrons. The molecular formula is C16H32NO3+. The zero-order valence-corrected chi connectivity index (χ0v) is 13.5. The van der Waals surface area contributed by atoms with Crippen LogP contribution in [0.2, 0.25) is 0 Å². The SMILES string of the molecule is CCCCCCCC(=O)CCCC[N+](C)(C)CC(=O)O. The van der Waals surface area contributed by atoms with Gasteiger partial charge in [-0.2, -0.15) is 0 Å². The summed E-state index contributed by atoms with van der Waals surface area (Å²) in [6, 6.07) is 0. The zero-order chi connectivity index (χ0) is 15.4. The van der Waals surface area contributed by atoms with Gasteiger partial charge in [0, 0.05) is 12.8 Å². The predicted molar refractivity (Wildman–Crippen MR) is 81.7 cm³/mol. The maximum Gasteiger partial charge on any atom is 0.359 e. The zero-order valence-electron chi connectivity index (χ0n) is 13.5. The van der Waals surface area contributed by atoms with Crippen molar-refractivity contribution < 1.29 is 19.2 Å². The minimum atomic E-state index is -0.766. The fraction of sp³-hybridized carbons (Fsp3) is 0.875. The van der Waals surface area contributed by atoms with E-state index in [1.54, 1.807) is 0 Å². The number of rotatable bonds is 13. The number of carbonyl (C=O) groups is 2. The Kier molecular flexibility index (Phi) is 10.3. The number of quaternary nitrogens is 1. The van der Waals surface area contributed by atoms with E-state index in [2.05, 4.69) is 6.92 Å². The van der Waals surface area contributed by atoms with Crippen molar-refractivity contribution >= 4 is 11.8 Å². The Morgan fingerprint density at radius 1 is 0.900 bits per heavy atom. The number of likely N-dealkylation sites (N-methyl/N-ethyl adjacent to an activating group) is 1. The fourth-order valence-corrected chi connectivity index (χ4v) is 2.36. The van der Waals surface area contributed by atoms with Crippen molar-refractivity contribution in [3.63, 3.8) is 0 Å². The molecule has 0 aromatic heterocycles. The Hall–Kier alpha value is -0.900. The number of unbranched alkanes of at least 4 members (excludes halogenated alkanes) is 5. The van der Waals surface area contributed by atoms with Crippen LogP contribution in [0.25, 0.3) is 0 Å². The molecule has 0 aliphatic carbocycles. The van der Waals surface area contributed by atoms with Crippen molar-refractivity contribution in [3.05, 3.63) is 0 Å². The molecule has 0 aromatic rings. The van der Waals surface area contributed by atoms with Gasteiger partial charge in [-0.25, -0.2) is 4.79 Å². The number of Topliss-reactive ketones (excluding diaryl/α,β-unsaturated/α-hetero) is 1. The van der Waals surface area contributed by atoms with Gasteiger partial charge in [0.1, 0.15) is 5.78 Å². The maximum absolute atomic E-state index is 11.7. The average molecular weight is 286 g/mol. The molecule has 4 nitrogen and oxygen atoms in total. The van der Waals surface area contributed by atoms with Crippen LogP contribution in [0.15, 0.2) is 0 Å². The number of aliphatic carboxylic acids is 1. The van der Waals surface area contributed by atoms with Gasteiger partial charge in [0.05, 0.1) is 20.6 Å². The number of carboxylic acids is 1. The van der Waals surface area contributed by atoms with E-state index in [0.29, 0.717) is 16.7 Å². The van der Waals surface area contributed by atoms with Gasteiger partial charge in [0.2, 0.25) is 0 Å². The summed E-state index contributed by atoms with van der Waals surface area (Å²) in [6.45, 7) is 3.15. The van der Waals surface area contributed by atoms with Crippen molar-refractivity contribution in [1.29, 1.82) is 0 Å². The molecule has 0 aliphatic heterocycles. The van der Waals surface area contributed by atoms with Crippen molar-refractivity contribution in [3.8, 4) is 0 Å². The molecule has 0 atom stereocenters. The van der Waals surface area contributed by atoms with Crippen LogP contribution in [0.3, 0.4) is 0 Å². The van der Waals surface area contributed by atoms with E-state index < -0.39 is 5.97 Å². The second kappa shape index (κ2) is 10.8. The first-order valence-electron chi connectivity index (χ1n) is 7.93. The van der Waals surface area contributed by atoms with Gasteiger partial charge in [0.25, 0.3) is 0 Å². The molecule has 4 heteroatoms. The molecule has 0 saturated carbocycles. The first kappa shape index (κ1) is 19.1. The van der Waals surface area contributed by atoms with Crippen LogP contribution in [0.5, 0.6) is 0 Å². The first-order chi connectivity index (χ1) is 9.37. The van der Waals surface area contributed by atoms with Crippen LogP contribution in [-0.2, 0) is 9.59 Å². The maximum atomic E-state index is 11.7. The van der Waals surface area contributed by atoms with E-state index in [1.807, 2.05) is 14.1 Å². The van der Waals surface area contributed by atoms with Gasteiger partial charge in [0.15, 0.2) is 6.54 Å². The molecule has 0 unspecified atom stereocenters. The van der Waals surface area contributed by atoms with Crippen molar-refractivity contribution in [2.75, 3.05) is 27.2 Å². The van der Waals surface area contributed by atoms with Crippen LogP contribution < -0.4 is 0 Å². The lowest BCUT2D eigenvalue weighted by Gasteiger charge is -2.27. The van der Waals surface area contributed by atoms with Crippen LogP contribution in [0.1, 0.15) is 64.7 Å². The minimum Gasteiger partial charge on any atom is -0.477 e. The second-order valence-electron chi connectivity index (χ2n) is 6.37. The highest BCUT2D eigenvalue weighted by atomic mass is 16.4. The topological polar surface area (TPSA) is 54.4 Å². The summed E-state index contributed by atoms with van der Waals surface area (Å²) in [4.78, 5) is 22.4. The number of hydrogen-bond acceptors (Lipinski definition) is 2. The standard InChI is InChI=1S/C16H31NO3/c1-4-5-6-7-8-11-15(18)12-9-10-13-17(2,3)14-16(19)20/h4-14H2,1-3H3/p+1. The van der Waals surface area contributed by atoms with Gasteiger partial charge in [-0.1, -0.05) is 32.6 Å². The van der Waals surface area contributed by atoms with E-state index >= 15 is 0 Å². The third-order valence-electron chi connectivity index (χ3n) is 3.59. The van der Waals surface area contributed by atoms with Gasteiger partial charge in [-0.3, -0.25) is 4.79 Å². The Morgan fingerprint density at radius 2 is 1.45 bits per heavy atom. The monoisotopic (exact) mass is 286 g/mol. The lowest BCUT2D eigenvalue weighted by Crippen LogP contribution is -2.44. The molecule has 0 saturated heterocycles. The number of carboxylic acid groups (broad SMARTS) is 1. The molecule has 0 bridgehead atoms. The van der Waals surface area contributed by atoms with E-state index in [0.717, 1.165) is 32.2 Å². The third-order valence-corrected chi connectivity index (χ3v) is 3.59. The van der Waals surface area contributed by atoms with Crippen LogP contribution in [0, 0.1) is 0 Å². The van der Waals surface area contributed by atoms with E-state index in [4.69, 9.17) is 5.11 Å². The summed E-state index contributed by atoms with van der Waals surface area (Å²) in [7, 11) is 3.84. The number of carbonyl (C=O) groups excluding carboxylic acids is 1. The molecular weight excluding hydrogens is 254 g/mol. The van der Waals surface area contributed by atoms with Gasteiger partial charge in [-0.15, -0.1) is 0 Å². The molecule has 0 spiro atoms. The Labute approximate surface area is 123 Å². The van der Waals surface area contributed by atoms with E-state index in [-0.39, 0.29) is 6.54 Å². The number of nitrogens with zero attached hydrogens (tertiary/aromatic N) is 1. The minimum absolute atomic E-state index is 0.144. The summed E-state index contributed by atoms with van der Waals surface area (Å²) in [5, 5.41) is 8.78. The lowest BCUT2D eigenvalue weighted by atomic mass is 10.1. The van der Waals surface area contributed by atoms with E-state index in [1.165, 1.54) is 25.7 Å². The summed E-state index contributed by atoms with van der Waals surface area (Å²) >= 11 is 0. The highest BCUT2D eigenvalue weighted by Crippen LogP contribution is 2.09. The molecule has 0 rings (SSSR count). The smallest absolute Gasteiger partial charge is 0.359 e. The number of ketones is 1. The molecule has 20 heavy (non-hydrogen) atoms. The lowest BCUT2D eigenvalue weighted by molar-refractivity contribution is -0.883. The quantitative estimate of drug-likeness (QED) is 0.418.